The fraction of sp³-hybridized carbons (Fsp3) is 0.625. The highest BCUT2D eigenvalue weighted by Gasteiger charge is 1.93. The van der Waals surface area contributed by atoms with Crippen LogP contribution in [0.1, 0.15) is 19.0 Å². The first-order chi connectivity index (χ1) is 5.34. The average Bonchev–Trinajstić information content (AvgIpc) is 2.37. The smallest absolute Gasteiger partial charge is 0.123 e. The number of aryl methyl sites for hydroxylation is 1. The molecule has 1 heterocycles. The van der Waals surface area contributed by atoms with Crippen LogP contribution in [-0.4, -0.2) is 16.2 Å². The van der Waals surface area contributed by atoms with Gasteiger partial charge in [0.05, 0.1) is 6.33 Å². The average molecular weight is 154 g/mol. The maximum atomic E-state index is 5.33. The van der Waals surface area contributed by atoms with Crippen molar-refractivity contribution < 1.29 is 4.74 Å². The van der Waals surface area contributed by atoms with Gasteiger partial charge in [-0.15, -0.1) is 0 Å². The molecule has 0 amide bonds. The standard InChI is InChI=1S/C8H14N2O/c1-3-4-11-7-10-6-9-5-8(10)2/h5-6H,3-4,7H2,1-2H3. The van der Waals surface area contributed by atoms with Gasteiger partial charge in [0.15, 0.2) is 0 Å². The number of imidazole rings is 1. The van der Waals surface area contributed by atoms with Crippen LogP contribution < -0.4 is 0 Å². The van der Waals surface area contributed by atoms with Gasteiger partial charge in [-0.25, -0.2) is 4.98 Å². The molecule has 0 unspecified atom stereocenters. The zero-order valence-corrected chi connectivity index (χ0v) is 7.08. The molecule has 0 saturated carbocycles. The van der Waals surface area contributed by atoms with Crippen LogP contribution in [0.5, 0.6) is 0 Å². The quantitative estimate of drug-likeness (QED) is 0.615. The van der Waals surface area contributed by atoms with Crippen LogP contribution in [0.15, 0.2) is 12.5 Å². The monoisotopic (exact) mass is 154 g/mol. The summed E-state index contributed by atoms with van der Waals surface area (Å²) in [6.07, 6.45) is 4.67. The van der Waals surface area contributed by atoms with Gasteiger partial charge < -0.3 is 9.30 Å². The first-order valence-corrected chi connectivity index (χ1v) is 3.89. The van der Waals surface area contributed by atoms with E-state index in [1.54, 1.807) is 6.33 Å². The molecule has 0 aromatic carbocycles. The van der Waals surface area contributed by atoms with Crippen molar-refractivity contribution in [1.82, 2.24) is 9.55 Å². The van der Waals surface area contributed by atoms with Crippen molar-refractivity contribution in [1.29, 1.82) is 0 Å². The van der Waals surface area contributed by atoms with E-state index in [-0.39, 0.29) is 0 Å². The molecule has 0 aliphatic rings. The first-order valence-electron chi connectivity index (χ1n) is 3.89. The highest BCUT2D eigenvalue weighted by molar-refractivity contribution is 4.92. The van der Waals surface area contributed by atoms with Crippen molar-refractivity contribution in [2.45, 2.75) is 27.0 Å². The van der Waals surface area contributed by atoms with Crippen LogP contribution in [0, 0.1) is 6.92 Å². The van der Waals surface area contributed by atoms with Gasteiger partial charge in [-0.3, -0.25) is 0 Å². The summed E-state index contributed by atoms with van der Waals surface area (Å²) in [5.41, 5.74) is 1.14. The Labute approximate surface area is 67.0 Å². The normalized spacial score (nSPS) is 10.4. The van der Waals surface area contributed by atoms with Crippen molar-refractivity contribution in [3.8, 4) is 0 Å². The Morgan fingerprint density at radius 1 is 1.64 bits per heavy atom. The Balaban J connectivity index is 2.32. The molecule has 0 aliphatic heterocycles. The third kappa shape index (κ3) is 2.35. The van der Waals surface area contributed by atoms with Crippen LogP contribution >= 0.6 is 0 Å². The summed E-state index contributed by atoms with van der Waals surface area (Å²) in [6.45, 7) is 5.56. The van der Waals surface area contributed by atoms with Gasteiger partial charge in [-0.2, -0.15) is 0 Å². The maximum Gasteiger partial charge on any atom is 0.123 e. The molecule has 0 fully saturated rings. The van der Waals surface area contributed by atoms with Crippen molar-refractivity contribution in [3.05, 3.63) is 18.2 Å². The summed E-state index contributed by atoms with van der Waals surface area (Å²) < 4.78 is 7.31. The molecule has 0 radical (unpaired) electrons. The van der Waals surface area contributed by atoms with Gasteiger partial charge in [-0.1, -0.05) is 6.92 Å². The van der Waals surface area contributed by atoms with Crippen molar-refractivity contribution in [3.63, 3.8) is 0 Å². The van der Waals surface area contributed by atoms with Gasteiger partial charge in [0, 0.05) is 18.5 Å². The lowest BCUT2D eigenvalue weighted by Gasteiger charge is -2.04. The molecule has 0 saturated heterocycles. The Morgan fingerprint density at radius 3 is 3.00 bits per heavy atom. The topological polar surface area (TPSA) is 27.1 Å². The molecule has 3 nitrogen and oxygen atoms in total. The lowest BCUT2D eigenvalue weighted by Crippen LogP contribution is -2.03. The first kappa shape index (κ1) is 8.27. The number of hydrogen-bond donors (Lipinski definition) is 0. The van der Waals surface area contributed by atoms with Crippen LogP contribution in [-0.2, 0) is 11.5 Å². The van der Waals surface area contributed by atoms with E-state index in [0.717, 1.165) is 18.7 Å². The van der Waals surface area contributed by atoms with Gasteiger partial charge >= 0.3 is 0 Å². The van der Waals surface area contributed by atoms with Crippen LogP contribution in [0.3, 0.4) is 0 Å². The second-order valence-corrected chi connectivity index (χ2v) is 2.54. The molecule has 0 N–H and O–H groups in total. The molecule has 0 aliphatic carbocycles. The number of nitrogens with zero attached hydrogens (tertiary/aromatic N) is 2. The molecular weight excluding hydrogens is 140 g/mol. The highest BCUT2D eigenvalue weighted by atomic mass is 16.5. The Bertz CT molecular complexity index is 208. The summed E-state index contributed by atoms with van der Waals surface area (Å²) in [6, 6.07) is 0. The zero-order valence-electron chi connectivity index (χ0n) is 7.08. The molecule has 0 atom stereocenters. The van der Waals surface area contributed by atoms with E-state index in [1.165, 1.54) is 0 Å². The highest BCUT2D eigenvalue weighted by Crippen LogP contribution is 1.96. The fourth-order valence-electron chi connectivity index (χ4n) is 0.829. The molecular formula is C8H14N2O. The van der Waals surface area contributed by atoms with E-state index in [0.29, 0.717) is 6.73 Å². The van der Waals surface area contributed by atoms with Gasteiger partial charge in [0.2, 0.25) is 0 Å². The second kappa shape index (κ2) is 4.13. The predicted octanol–water partition coefficient (Wildman–Crippen LogP) is 1.58. The minimum atomic E-state index is 0.625. The summed E-state index contributed by atoms with van der Waals surface area (Å²) in [5.74, 6) is 0. The fourth-order valence-corrected chi connectivity index (χ4v) is 0.829. The molecule has 62 valence electrons. The van der Waals surface area contributed by atoms with Crippen molar-refractivity contribution >= 4 is 0 Å². The summed E-state index contributed by atoms with van der Waals surface area (Å²) >= 11 is 0. The van der Waals surface area contributed by atoms with E-state index >= 15 is 0 Å². The Hall–Kier alpha value is -0.830. The van der Waals surface area contributed by atoms with Crippen LogP contribution in [0.2, 0.25) is 0 Å². The zero-order chi connectivity index (χ0) is 8.10. The van der Waals surface area contributed by atoms with Gasteiger partial charge in [0.25, 0.3) is 0 Å². The number of hydrogen-bond acceptors (Lipinski definition) is 2. The largest absolute Gasteiger partial charge is 0.361 e. The van der Waals surface area contributed by atoms with Crippen molar-refractivity contribution in [2.75, 3.05) is 6.61 Å². The molecule has 3 heteroatoms. The molecule has 0 bridgehead atoms. The van der Waals surface area contributed by atoms with E-state index < -0.39 is 0 Å². The molecule has 0 spiro atoms. The maximum absolute atomic E-state index is 5.33. The summed E-state index contributed by atoms with van der Waals surface area (Å²) in [4.78, 5) is 3.98. The number of ether oxygens (including phenoxy) is 1. The number of aromatic nitrogens is 2. The predicted molar refractivity (Wildman–Crippen MR) is 43.2 cm³/mol. The lowest BCUT2D eigenvalue weighted by atomic mass is 10.5. The Morgan fingerprint density at radius 2 is 2.45 bits per heavy atom. The van der Waals surface area contributed by atoms with E-state index in [9.17, 15) is 0 Å². The molecule has 1 aromatic heterocycles. The SMILES string of the molecule is CCCOCn1cncc1C. The third-order valence-corrected chi connectivity index (χ3v) is 1.50. The van der Waals surface area contributed by atoms with Gasteiger partial charge in [-0.05, 0) is 13.3 Å². The van der Waals surface area contributed by atoms with Gasteiger partial charge in [0.1, 0.15) is 6.73 Å². The number of rotatable bonds is 4. The second-order valence-electron chi connectivity index (χ2n) is 2.54. The third-order valence-electron chi connectivity index (χ3n) is 1.50. The molecule has 11 heavy (non-hydrogen) atoms. The Kier molecular flexibility index (Phi) is 3.11. The summed E-state index contributed by atoms with van der Waals surface area (Å²) in [5, 5.41) is 0. The van der Waals surface area contributed by atoms with E-state index in [4.69, 9.17) is 4.74 Å². The van der Waals surface area contributed by atoms with E-state index in [1.807, 2.05) is 17.7 Å². The van der Waals surface area contributed by atoms with Crippen LogP contribution in [0.4, 0.5) is 0 Å². The summed E-state index contributed by atoms with van der Waals surface area (Å²) in [7, 11) is 0. The molecule has 1 aromatic rings. The van der Waals surface area contributed by atoms with Crippen molar-refractivity contribution in [2.24, 2.45) is 0 Å². The van der Waals surface area contributed by atoms with Crippen LogP contribution in [0.25, 0.3) is 0 Å². The minimum Gasteiger partial charge on any atom is -0.361 e. The van der Waals surface area contributed by atoms with E-state index in [2.05, 4.69) is 11.9 Å². The molecule has 1 rings (SSSR count). The lowest BCUT2D eigenvalue weighted by molar-refractivity contribution is 0.0763. The minimum absolute atomic E-state index is 0.625.